The molecule has 0 aliphatic heterocycles. The van der Waals surface area contributed by atoms with Crippen LogP contribution in [0.2, 0.25) is 0 Å². The Hall–Kier alpha value is -1.70. The van der Waals surface area contributed by atoms with E-state index in [1.807, 2.05) is 0 Å². The minimum atomic E-state index is -1.56. The second-order valence-electron chi connectivity index (χ2n) is 6.22. The van der Waals surface area contributed by atoms with Gasteiger partial charge in [0.05, 0.1) is 6.26 Å². The second kappa shape index (κ2) is 18.3. The van der Waals surface area contributed by atoms with Crippen LogP contribution in [0.4, 0.5) is 0 Å². The zero-order valence-corrected chi connectivity index (χ0v) is 19.6. The summed E-state index contributed by atoms with van der Waals surface area (Å²) in [7, 11) is 0. The van der Waals surface area contributed by atoms with Gasteiger partial charge in [0.1, 0.15) is 6.04 Å². The smallest absolute Gasteiger partial charge is 0.550 e. The van der Waals surface area contributed by atoms with Gasteiger partial charge in [0, 0.05) is 25.2 Å². The van der Waals surface area contributed by atoms with Gasteiger partial charge in [-0.05, 0) is 45.4 Å². The van der Waals surface area contributed by atoms with Gasteiger partial charge >= 0.3 is 35.5 Å². The first kappa shape index (κ1) is 29.5. The predicted octanol–water partition coefficient (Wildman–Crippen LogP) is -0.576. The van der Waals surface area contributed by atoms with Crippen molar-refractivity contribution in [3.05, 3.63) is 37.6 Å². The van der Waals surface area contributed by atoms with Gasteiger partial charge in [0.15, 0.2) is 0 Å². The summed E-state index contributed by atoms with van der Waals surface area (Å²) < 4.78 is 4.84. The fourth-order valence-electron chi connectivity index (χ4n) is 2.51. The van der Waals surface area contributed by atoms with Crippen molar-refractivity contribution < 1.29 is 58.6 Å². The van der Waals surface area contributed by atoms with E-state index in [0.717, 1.165) is 11.2 Å². The zero-order chi connectivity index (χ0) is 21.4. The molecule has 0 aliphatic carbocycles. The molecule has 8 heteroatoms. The van der Waals surface area contributed by atoms with Gasteiger partial charge in [-0.2, -0.15) is 0 Å². The Morgan fingerprint density at radius 3 is 1.83 bits per heavy atom. The number of carbonyl (C=O) groups excluding carboxylic acids is 4. The van der Waals surface area contributed by atoms with Crippen molar-refractivity contribution in [1.29, 1.82) is 0 Å². The van der Waals surface area contributed by atoms with Crippen molar-refractivity contribution >= 4 is 23.8 Å². The van der Waals surface area contributed by atoms with Crippen LogP contribution in [0.3, 0.4) is 0 Å². The van der Waals surface area contributed by atoms with Crippen LogP contribution in [0.1, 0.15) is 64.7 Å². The van der Waals surface area contributed by atoms with Crippen LogP contribution >= 0.6 is 0 Å². The van der Waals surface area contributed by atoms with Crippen molar-refractivity contribution in [2.75, 3.05) is 0 Å². The van der Waals surface area contributed by atoms with Crippen LogP contribution in [0.25, 0.3) is 0 Å². The first-order valence-corrected chi connectivity index (χ1v) is 9.47. The number of nitrogens with zero attached hydrogens (tertiary/aromatic N) is 1. The number of esters is 1. The molecule has 0 heterocycles. The van der Waals surface area contributed by atoms with E-state index in [1.165, 1.54) is 6.08 Å². The Balaban J connectivity index is 0. The molecular formula is C21H30NNaO6. The maximum atomic E-state index is 12.7. The van der Waals surface area contributed by atoms with E-state index < -0.39 is 36.2 Å². The zero-order valence-electron chi connectivity index (χ0n) is 17.6. The fraction of sp³-hybridized carbons (Fsp3) is 0.524. The Morgan fingerprint density at radius 1 is 0.966 bits per heavy atom. The van der Waals surface area contributed by atoms with Gasteiger partial charge < -0.3 is 14.6 Å². The summed E-state index contributed by atoms with van der Waals surface area (Å²) in [4.78, 5) is 49.5. The molecule has 2 amide bonds. The van der Waals surface area contributed by atoms with Crippen LogP contribution in [0.5, 0.6) is 0 Å². The van der Waals surface area contributed by atoms with Crippen molar-refractivity contribution in [1.82, 2.24) is 4.90 Å². The molecule has 0 saturated carbocycles. The minimum absolute atomic E-state index is 0. The molecular weight excluding hydrogens is 385 g/mol. The molecule has 0 aromatic heterocycles. The molecule has 0 spiro atoms. The molecule has 156 valence electrons. The van der Waals surface area contributed by atoms with Gasteiger partial charge in [0.2, 0.25) is 11.8 Å². The van der Waals surface area contributed by atoms with Crippen LogP contribution in [0.15, 0.2) is 37.6 Å². The number of hydrogen-bond acceptors (Lipinski definition) is 6. The van der Waals surface area contributed by atoms with E-state index in [0.29, 0.717) is 38.5 Å². The molecule has 0 aromatic rings. The fourth-order valence-corrected chi connectivity index (χ4v) is 2.51. The van der Waals surface area contributed by atoms with Crippen LogP contribution in [-0.2, 0) is 23.9 Å². The number of imide groups is 1. The maximum absolute atomic E-state index is 12.7. The number of amides is 2. The summed E-state index contributed by atoms with van der Waals surface area (Å²) in [5, 5.41) is 11.1. The van der Waals surface area contributed by atoms with Crippen molar-refractivity contribution in [2.45, 2.75) is 70.8 Å². The molecule has 0 N–H and O–H groups in total. The number of carbonyl (C=O) groups is 4. The molecule has 0 aromatic carbocycles. The van der Waals surface area contributed by atoms with Crippen LogP contribution in [0, 0.1) is 0 Å². The molecule has 1 atom stereocenters. The van der Waals surface area contributed by atoms with Gasteiger partial charge in [-0.15, -0.1) is 13.2 Å². The van der Waals surface area contributed by atoms with E-state index in [2.05, 4.69) is 13.2 Å². The molecule has 0 aliphatic rings. The average Bonchev–Trinajstić information content (AvgIpc) is 2.65. The summed E-state index contributed by atoms with van der Waals surface area (Å²) in [6, 6.07) is -1.56. The number of carboxylic acid groups (broad SMARTS) is 1. The largest absolute Gasteiger partial charge is 1.00 e. The summed E-state index contributed by atoms with van der Waals surface area (Å²) in [5.74, 6) is -3.73. The molecule has 0 rings (SSSR count). The number of rotatable bonds is 15. The monoisotopic (exact) mass is 415 g/mol. The normalized spacial score (nSPS) is 11.2. The SMILES string of the molecule is C=CCCCCC(=O)N(C(=O)CCCCC=C)C(CC(=O)[O-])C(=O)O/C=C/C.[Na+]. The topological polar surface area (TPSA) is 104 Å². The number of aliphatic carboxylic acids is 1. The third kappa shape index (κ3) is 13.2. The first-order valence-electron chi connectivity index (χ1n) is 9.47. The third-order valence-corrected chi connectivity index (χ3v) is 3.90. The molecule has 7 nitrogen and oxygen atoms in total. The molecule has 0 bridgehead atoms. The van der Waals surface area contributed by atoms with Crippen molar-refractivity contribution in [3.8, 4) is 0 Å². The predicted molar refractivity (Wildman–Crippen MR) is 104 cm³/mol. The van der Waals surface area contributed by atoms with Crippen molar-refractivity contribution in [3.63, 3.8) is 0 Å². The molecule has 1 unspecified atom stereocenters. The van der Waals surface area contributed by atoms with Crippen LogP contribution in [-0.4, -0.2) is 34.7 Å². The standard InChI is InChI=1S/C21H31NO6.Na/c1-4-7-9-11-13-18(23)22(19(24)14-12-10-8-5-2)17(16-20(25)26)21(27)28-15-6-3;/h4-6,15,17H,1-2,7-14,16H2,3H3,(H,25,26);/q;+1/p-1/b15-6+;. The Kier molecular flexibility index (Phi) is 18.7. The molecule has 29 heavy (non-hydrogen) atoms. The molecule has 0 radical (unpaired) electrons. The van der Waals surface area contributed by atoms with E-state index in [9.17, 15) is 24.3 Å². The molecule has 0 saturated heterocycles. The van der Waals surface area contributed by atoms with Crippen LogP contribution < -0.4 is 34.7 Å². The number of hydrogen-bond donors (Lipinski definition) is 0. The quantitative estimate of drug-likeness (QED) is 0.117. The van der Waals surface area contributed by atoms with E-state index in [4.69, 9.17) is 4.74 Å². The van der Waals surface area contributed by atoms with E-state index in [1.54, 1.807) is 19.1 Å². The van der Waals surface area contributed by atoms with E-state index >= 15 is 0 Å². The van der Waals surface area contributed by atoms with Gasteiger partial charge in [0.25, 0.3) is 0 Å². The van der Waals surface area contributed by atoms with Gasteiger partial charge in [-0.25, -0.2) is 4.79 Å². The van der Waals surface area contributed by atoms with E-state index in [-0.39, 0.29) is 42.4 Å². The Labute approximate surface area is 195 Å². The number of carboxylic acids is 1. The van der Waals surface area contributed by atoms with Gasteiger partial charge in [-0.3, -0.25) is 14.5 Å². The summed E-state index contributed by atoms with van der Waals surface area (Å²) in [6.07, 6.45) is 9.00. The third-order valence-electron chi connectivity index (χ3n) is 3.90. The first-order chi connectivity index (χ1) is 13.4. The summed E-state index contributed by atoms with van der Waals surface area (Å²) in [5.41, 5.74) is 0. The average molecular weight is 415 g/mol. The second-order valence-corrected chi connectivity index (χ2v) is 6.22. The maximum Gasteiger partial charge on any atom is 1.00 e. The number of ether oxygens (including phenoxy) is 1. The number of allylic oxidation sites excluding steroid dienone is 3. The Morgan fingerprint density at radius 2 is 1.45 bits per heavy atom. The van der Waals surface area contributed by atoms with Crippen molar-refractivity contribution in [2.24, 2.45) is 0 Å². The summed E-state index contributed by atoms with van der Waals surface area (Å²) in [6.45, 7) is 8.82. The molecule has 0 fully saturated rings. The minimum Gasteiger partial charge on any atom is -0.550 e. The Bertz CT molecular complexity index is 560. The number of unbranched alkanes of at least 4 members (excludes halogenated alkanes) is 4. The summed E-state index contributed by atoms with van der Waals surface area (Å²) >= 11 is 0. The van der Waals surface area contributed by atoms with Gasteiger partial charge in [-0.1, -0.05) is 18.2 Å².